The fraction of sp³-hybridized carbons (Fsp3) is 0.143. The molecule has 0 saturated carbocycles. The lowest BCUT2D eigenvalue weighted by Gasteiger charge is -2.02. The number of rotatable bonds is 2. The summed E-state index contributed by atoms with van der Waals surface area (Å²) in [5.74, 6) is 0. The lowest BCUT2D eigenvalue weighted by atomic mass is 10.0. The van der Waals surface area contributed by atoms with Crippen LogP contribution in [0.25, 0.3) is 11.1 Å². The first-order valence-electron chi connectivity index (χ1n) is 5.06. The highest BCUT2D eigenvalue weighted by atomic mass is 35.5. The molecule has 0 spiro atoms. The molecule has 0 unspecified atom stereocenters. The molecule has 1 heteroatoms. The van der Waals surface area contributed by atoms with Crippen LogP contribution in [0.4, 0.5) is 0 Å². The van der Waals surface area contributed by atoms with Crippen LogP contribution < -0.4 is 0 Å². The van der Waals surface area contributed by atoms with Crippen molar-refractivity contribution in [3.05, 3.63) is 59.1 Å². The highest BCUT2D eigenvalue weighted by Crippen LogP contribution is 2.21. The SMILES string of the molecule is CCc1[c]cc(-c2ccc(Cl)cc2)cc1. The van der Waals surface area contributed by atoms with Crippen molar-refractivity contribution in [2.45, 2.75) is 13.3 Å². The zero-order chi connectivity index (χ0) is 10.7. The highest BCUT2D eigenvalue weighted by molar-refractivity contribution is 6.30. The van der Waals surface area contributed by atoms with Gasteiger partial charge >= 0.3 is 0 Å². The Morgan fingerprint density at radius 1 is 1.00 bits per heavy atom. The molecule has 2 aromatic carbocycles. The van der Waals surface area contributed by atoms with E-state index in [1.165, 1.54) is 16.7 Å². The Kier molecular flexibility index (Phi) is 3.08. The van der Waals surface area contributed by atoms with Gasteiger partial charge in [0.15, 0.2) is 0 Å². The fourth-order valence-electron chi connectivity index (χ4n) is 1.50. The Bertz CT molecular complexity index is 426. The third-order valence-electron chi connectivity index (χ3n) is 2.44. The second kappa shape index (κ2) is 4.50. The quantitative estimate of drug-likeness (QED) is 0.698. The average molecular weight is 216 g/mol. The van der Waals surface area contributed by atoms with Crippen LogP contribution in [-0.4, -0.2) is 0 Å². The summed E-state index contributed by atoms with van der Waals surface area (Å²) in [5, 5.41) is 0.771. The topological polar surface area (TPSA) is 0 Å². The second-order valence-corrected chi connectivity index (χ2v) is 3.90. The van der Waals surface area contributed by atoms with Crippen LogP contribution in [0, 0.1) is 6.07 Å². The van der Waals surface area contributed by atoms with Gasteiger partial charge < -0.3 is 0 Å². The van der Waals surface area contributed by atoms with Crippen molar-refractivity contribution in [1.82, 2.24) is 0 Å². The zero-order valence-electron chi connectivity index (χ0n) is 8.63. The number of aryl methyl sites for hydroxylation is 1. The molecular weight excluding hydrogens is 204 g/mol. The molecule has 0 atom stereocenters. The van der Waals surface area contributed by atoms with Gasteiger partial charge in [0.1, 0.15) is 0 Å². The van der Waals surface area contributed by atoms with Crippen LogP contribution in [0.2, 0.25) is 5.02 Å². The van der Waals surface area contributed by atoms with Crippen LogP contribution >= 0.6 is 11.6 Å². The molecular formula is C14H12Cl. The summed E-state index contributed by atoms with van der Waals surface area (Å²) in [7, 11) is 0. The predicted molar refractivity (Wildman–Crippen MR) is 65.1 cm³/mol. The number of hydrogen-bond acceptors (Lipinski definition) is 0. The van der Waals surface area contributed by atoms with E-state index in [0.29, 0.717) is 0 Å². The molecule has 0 heterocycles. The van der Waals surface area contributed by atoms with E-state index in [1.54, 1.807) is 0 Å². The van der Waals surface area contributed by atoms with E-state index in [4.69, 9.17) is 11.6 Å². The molecule has 2 rings (SSSR count). The Morgan fingerprint density at radius 2 is 1.67 bits per heavy atom. The monoisotopic (exact) mass is 215 g/mol. The summed E-state index contributed by atoms with van der Waals surface area (Å²) in [4.78, 5) is 0. The molecule has 75 valence electrons. The van der Waals surface area contributed by atoms with Crippen molar-refractivity contribution in [2.24, 2.45) is 0 Å². The van der Waals surface area contributed by atoms with E-state index >= 15 is 0 Å². The van der Waals surface area contributed by atoms with Gasteiger partial charge in [0.2, 0.25) is 0 Å². The molecule has 0 amide bonds. The van der Waals surface area contributed by atoms with Crippen molar-refractivity contribution < 1.29 is 0 Å². The maximum atomic E-state index is 5.84. The summed E-state index contributed by atoms with van der Waals surface area (Å²) < 4.78 is 0. The van der Waals surface area contributed by atoms with Gasteiger partial charge in [-0.05, 0) is 47.4 Å². The zero-order valence-corrected chi connectivity index (χ0v) is 9.38. The molecule has 0 bridgehead atoms. The van der Waals surface area contributed by atoms with Gasteiger partial charge in [-0.15, -0.1) is 0 Å². The summed E-state index contributed by atoms with van der Waals surface area (Å²) >= 11 is 5.84. The Labute approximate surface area is 95.5 Å². The minimum Gasteiger partial charge on any atom is -0.0843 e. The Morgan fingerprint density at radius 3 is 2.20 bits per heavy atom. The smallest absolute Gasteiger partial charge is 0.0406 e. The number of halogens is 1. The van der Waals surface area contributed by atoms with Crippen LogP contribution in [0.3, 0.4) is 0 Å². The average Bonchev–Trinajstić information content (AvgIpc) is 2.30. The van der Waals surface area contributed by atoms with E-state index in [2.05, 4.69) is 25.1 Å². The molecule has 0 aromatic heterocycles. The molecule has 0 nitrogen and oxygen atoms in total. The predicted octanol–water partition coefficient (Wildman–Crippen LogP) is 4.37. The second-order valence-electron chi connectivity index (χ2n) is 3.46. The van der Waals surface area contributed by atoms with Gasteiger partial charge in [0.25, 0.3) is 0 Å². The van der Waals surface area contributed by atoms with Crippen LogP contribution in [-0.2, 0) is 6.42 Å². The van der Waals surface area contributed by atoms with Gasteiger partial charge in [-0.25, -0.2) is 0 Å². The maximum absolute atomic E-state index is 5.84. The van der Waals surface area contributed by atoms with E-state index < -0.39 is 0 Å². The Balaban J connectivity index is 2.33. The van der Waals surface area contributed by atoms with Gasteiger partial charge in [-0.2, -0.15) is 0 Å². The third-order valence-corrected chi connectivity index (χ3v) is 2.69. The van der Waals surface area contributed by atoms with E-state index in [1.807, 2.05) is 30.3 Å². The molecule has 2 aromatic rings. The van der Waals surface area contributed by atoms with Crippen molar-refractivity contribution in [1.29, 1.82) is 0 Å². The summed E-state index contributed by atoms with van der Waals surface area (Å²) in [6.45, 7) is 2.13. The standard InChI is InChI=1S/C14H12Cl/c1-2-11-3-5-12(6-4-11)13-7-9-14(15)10-8-13/h3,5-10H,2H2,1H3. The molecule has 0 aliphatic carbocycles. The Hall–Kier alpha value is -1.27. The first-order chi connectivity index (χ1) is 7.29. The van der Waals surface area contributed by atoms with Gasteiger partial charge in [0.05, 0.1) is 0 Å². The molecule has 15 heavy (non-hydrogen) atoms. The van der Waals surface area contributed by atoms with Crippen molar-refractivity contribution in [2.75, 3.05) is 0 Å². The van der Waals surface area contributed by atoms with Crippen molar-refractivity contribution >= 4 is 11.6 Å². The summed E-state index contributed by atoms with van der Waals surface area (Å²) in [6.07, 6.45) is 1.03. The normalized spacial score (nSPS) is 10.3. The third kappa shape index (κ3) is 2.40. The lowest BCUT2D eigenvalue weighted by Crippen LogP contribution is -1.81. The van der Waals surface area contributed by atoms with Crippen LogP contribution in [0.1, 0.15) is 12.5 Å². The van der Waals surface area contributed by atoms with E-state index in [9.17, 15) is 0 Å². The van der Waals surface area contributed by atoms with Gasteiger partial charge in [0, 0.05) is 5.02 Å². The minimum atomic E-state index is 0.771. The first kappa shape index (κ1) is 10.3. The first-order valence-corrected chi connectivity index (χ1v) is 5.44. The van der Waals surface area contributed by atoms with Crippen molar-refractivity contribution in [3.63, 3.8) is 0 Å². The van der Waals surface area contributed by atoms with E-state index in [0.717, 1.165) is 11.4 Å². The fourth-order valence-corrected chi connectivity index (χ4v) is 1.62. The summed E-state index contributed by atoms with van der Waals surface area (Å²) in [5.41, 5.74) is 3.61. The molecule has 0 aliphatic heterocycles. The highest BCUT2D eigenvalue weighted by Gasteiger charge is 1.97. The maximum Gasteiger partial charge on any atom is 0.0406 e. The molecule has 0 saturated heterocycles. The van der Waals surface area contributed by atoms with Crippen molar-refractivity contribution in [3.8, 4) is 11.1 Å². The van der Waals surface area contributed by atoms with E-state index in [-0.39, 0.29) is 0 Å². The minimum absolute atomic E-state index is 0.771. The summed E-state index contributed by atoms with van der Waals surface area (Å²) in [6, 6.07) is 17.4. The number of hydrogen-bond donors (Lipinski definition) is 0. The molecule has 0 N–H and O–H groups in total. The molecule has 0 aliphatic rings. The molecule has 0 fully saturated rings. The lowest BCUT2D eigenvalue weighted by molar-refractivity contribution is 1.14. The number of benzene rings is 2. The van der Waals surface area contributed by atoms with Crippen LogP contribution in [0.15, 0.2) is 42.5 Å². The van der Waals surface area contributed by atoms with Gasteiger partial charge in [-0.3, -0.25) is 0 Å². The van der Waals surface area contributed by atoms with Crippen LogP contribution in [0.5, 0.6) is 0 Å². The molecule has 1 radical (unpaired) electrons. The van der Waals surface area contributed by atoms with Gasteiger partial charge in [-0.1, -0.05) is 42.8 Å². The largest absolute Gasteiger partial charge is 0.0843 e.